The van der Waals surface area contributed by atoms with Crippen molar-refractivity contribution in [3.05, 3.63) is 75.3 Å². The first-order valence-corrected chi connectivity index (χ1v) is 7.84. The highest BCUT2D eigenvalue weighted by atomic mass is 16.6. The Balaban J connectivity index is 2.11. The third-order valence-corrected chi connectivity index (χ3v) is 3.94. The molecule has 2 aromatic carbocycles. The van der Waals surface area contributed by atoms with Crippen molar-refractivity contribution < 1.29 is 9.72 Å². The van der Waals surface area contributed by atoms with E-state index in [0.29, 0.717) is 0 Å². The van der Waals surface area contributed by atoms with Crippen molar-refractivity contribution in [2.24, 2.45) is 0 Å². The number of benzene rings is 2. The Bertz CT molecular complexity index is 746. The molecule has 0 saturated heterocycles. The predicted molar refractivity (Wildman–Crippen MR) is 94.1 cm³/mol. The SMILES string of the molecule is C[C@H](NC(=O)c1cccc([N+](=O)[O-])c1)c1ccc(C(C)(C)C)cc1. The Morgan fingerprint density at radius 3 is 2.29 bits per heavy atom. The number of nitro benzene ring substituents is 1. The van der Waals surface area contributed by atoms with Crippen LogP contribution in [0.1, 0.15) is 55.2 Å². The quantitative estimate of drug-likeness (QED) is 0.669. The van der Waals surface area contributed by atoms with E-state index >= 15 is 0 Å². The van der Waals surface area contributed by atoms with Crippen LogP contribution in [0.25, 0.3) is 0 Å². The molecule has 5 heteroatoms. The van der Waals surface area contributed by atoms with Gasteiger partial charge in [0.2, 0.25) is 0 Å². The number of hydrogen-bond acceptors (Lipinski definition) is 3. The summed E-state index contributed by atoms with van der Waals surface area (Å²) in [7, 11) is 0. The molecule has 1 N–H and O–H groups in total. The van der Waals surface area contributed by atoms with Gasteiger partial charge in [-0.05, 0) is 29.5 Å². The number of carbonyl (C=O) groups excluding carboxylic acids is 1. The number of non-ortho nitro benzene ring substituents is 1. The topological polar surface area (TPSA) is 72.2 Å². The van der Waals surface area contributed by atoms with E-state index < -0.39 is 4.92 Å². The molecule has 24 heavy (non-hydrogen) atoms. The molecular weight excluding hydrogens is 304 g/mol. The van der Waals surface area contributed by atoms with Gasteiger partial charge < -0.3 is 5.32 Å². The van der Waals surface area contributed by atoms with Gasteiger partial charge in [0.25, 0.3) is 11.6 Å². The van der Waals surface area contributed by atoms with Crippen molar-refractivity contribution in [1.29, 1.82) is 0 Å². The van der Waals surface area contributed by atoms with Gasteiger partial charge in [0, 0.05) is 17.7 Å². The highest BCUT2D eigenvalue weighted by Crippen LogP contribution is 2.24. The van der Waals surface area contributed by atoms with E-state index in [1.54, 1.807) is 6.07 Å². The molecule has 0 heterocycles. The fourth-order valence-corrected chi connectivity index (χ4v) is 2.40. The van der Waals surface area contributed by atoms with Crippen LogP contribution in [-0.4, -0.2) is 10.8 Å². The Kier molecular flexibility index (Phi) is 5.02. The van der Waals surface area contributed by atoms with E-state index in [0.717, 1.165) is 5.56 Å². The smallest absolute Gasteiger partial charge is 0.270 e. The van der Waals surface area contributed by atoms with Gasteiger partial charge in [-0.3, -0.25) is 14.9 Å². The Morgan fingerprint density at radius 2 is 1.75 bits per heavy atom. The van der Waals surface area contributed by atoms with Crippen LogP contribution in [0.4, 0.5) is 5.69 Å². The van der Waals surface area contributed by atoms with Crippen LogP contribution >= 0.6 is 0 Å². The van der Waals surface area contributed by atoms with Crippen molar-refractivity contribution in [2.45, 2.75) is 39.2 Å². The second kappa shape index (κ2) is 6.83. The predicted octanol–water partition coefficient (Wildman–Crippen LogP) is 4.38. The fraction of sp³-hybridized carbons (Fsp3) is 0.316. The van der Waals surface area contributed by atoms with Gasteiger partial charge >= 0.3 is 0 Å². The van der Waals surface area contributed by atoms with E-state index in [9.17, 15) is 14.9 Å². The lowest BCUT2D eigenvalue weighted by Crippen LogP contribution is -2.26. The van der Waals surface area contributed by atoms with Crippen LogP contribution in [0.5, 0.6) is 0 Å². The lowest BCUT2D eigenvalue weighted by atomic mass is 9.86. The average Bonchev–Trinajstić information content (AvgIpc) is 2.54. The molecule has 5 nitrogen and oxygen atoms in total. The summed E-state index contributed by atoms with van der Waals surface area (Å²) in [5, 5.41) is 13.7. The highest BCUT2D eigenvalue weighted by molar-refractivity contribution is 5.95. The molecule has 0 spiro atoms. The van der Waals surface area contributed by atoms with Crippen molar-refractivity contribution in [1.82, 2.24) is 5.32 Å². The van der Waals surface area contributed by atoms with Crippen molar-refractivity contribution in [3.63, 3.8) is 0 Å². The maximum atomic E-state index is 12.3. The average molecular weight is 326 g/mol. The summed E-state index contributed by atoms with van der Waals surface area (Å²) in [6, 6.07) is 13.7. The van der Waals surface area contributed by atoms with Crippen molar-refractivity contribution >= 4 is 11.6 Å². The zero-order chi connectivity index (χ0) is 17.9. The summed E-state index contributed by atoms with van der Waals surface area (Å²) in [5.41, 5.74) is 2.48. The van der Waals surface area contributed by atoms with Gasteiger partial charge in [-0.15, -0.1) is 0 Å². The molecule has 0 aromatic heterocycles. The molecule has 0 unspecified atom stereocenters. The Morgan fingerprint density at radius 1 is 1.12 bits per heavy atom. The monoisotopic (exact) mass is 326 g/mol. The molecule has 2 aromatic rings. The van der Waals surface area contributed by atoms with Crippen LogP contribution in [0.3, 0.4) is 0 Å². The highest BCUT2D eigenvalue weighted by Gasteiger charge is 2.16. The van der Waals surface area contributed by atoms with Crippen molar-refractivity contribution in [2.75, 3.05) is 0 Å². The second-order valence-electron chi connectivity index (χ2n) is 6.87. The number of hydrogen-bond donors (Lipinski definition) is 1. The maximum Gasteiger partial charge on any atom is 0.270 e. The van der Waals surface area contributed by atoms with Crippen LogP contribution in [0, 0.1) is 10.1 Å². The number of amides is 1. The summed E-state index contributed by atoms with van der Waals surface area (Å²) in [6.07, 6.45) is 0. The maximum absolute atomic E-state index is 12.3. The molecule has 0 radical (unpaired) electrons. The van der Waals surface area contributed by atoms with Crippen LogP contribution in [0.15, 0.2) is 48.5 Å². The molecule has 126 valence electrons. The molecule has 0 aliphatic heterocycles. The van der Waals surface area contributed by atoms with Crippen LogP contribution in [0.2, 0.25) is 0 Å². The molecule has 0 aliphatic rings. The van der Waals surface area contributed by atoms with E-state index in [4.69, 9.17) is 0 Å². The summed E-state index contributed by atoms with van der Waals surface area (Å²) >= 11 is 0. The first-order chi connectivity index (χ1) is 11.2. The van der Waals surface area contributed by atoms with Crippen molar-refractivity contribution in [3.8, 4) is 0 Å². The number of rotatable bonds is 4. The van der Waals surface area contributed by atoms with E-state index in [2.05, 4.69) is 38.2 Å². The van der Waals surface area contributed by atoms with E-state index in [-0.39, 0.29) is 28.6 Å². The number of nitrogens with zero attached hydrogens (tertiary/aromatic N) is 1. The minimum atomic E-state index is -0.509. The standard InChI is InChI=1S/C19H22N2O3/c1-13(14-8-10-16(11-9-14)19(2,3)4)20-18(22)15-6-5-7-17(12-15)21(23)24/h5-13H,1-4H3,(H,20,22)/t13-/m0/s1. The van der Waals surface area contributed by atoms with Gasteiger partial charge in [0.15, 0.2) is 0 Å². The first kappa shape index (κ1) is 17.7. The molecule has 1 amide bonds. The summed E-state index contributed by atoms with van der Waals surface area (Å²) in [5.74, 6) is -0.328. The lowest BCUT2D eigenvalue weighted by Gasteiger charge is -2.20. The van der Waals surface area contributed by atoms with Crippen LogP contribution < -0.4 is 5.32 Å². The minimum absolute atomic E-state index is 0.0774. The summed E-state index contributed by atoms with van der Waals surface area (Å²) in [6.45, 7) is 8.34. The Hall–Kier alpha value is -2.69. The van der Waals surface area contributed by atoms with Gasteiger partial charge in [0.05, 0.1) is 11.0 Å². The zero-order valence-corrected chi connectivity index (χ0v) is 14.4. The van der Waals surface area contributed by atoms with Crippen LogP contribution in [-0.2, 0) is 5.41 Å². The third-order valence-electron chi connectivity index (χ3n) is 3.94. The lowest BCUT2D eigenvalue weighted by molar-refractivity contribution is -0.384. The fourth-order valence-electron chi connectivity index (χ4n) is 2.40. The normalized spacial score (nSPS) is 12.5. The number of nitro groups is 1. The molecule has 2 rings (SSSR count). The summed E-state index contributed by atoms with van der Waals surface area (Å²) < 4.78 is 0. The molecule has 0 saturated carbocycles. The summed E-state index contributed by atoms with van der Waals surface area (Å²) in [4.78, 5) is 22.6. The molecular formula is C19H22N2O3. The second-order valence-corrected chi connectivity index (χ2v) is 6.87. The largest absolute Gasteiger partial charge is 0.346 e. The first-order valence-electron chi connectivity index (χ1n) is 7.84. The Labute approximate surface area is 141 Å². The van der Waals surface area contributed by atoms with E-state index in [1.807, 2.05) is 19.1 Å². The van der Waals surface area contributed by atoms with Gasteiger partial charge in [-0.2, -0.15) is 0 Å². The van der Waals surface area contributed by atoms with E-state index in [1.165, 1.54) is 23.8 Å². The molecule has 0 bridgehead atoms. The number of nitrogens with one attached hydrogen (secondary N) is 1. The zero-order valence-electron chi connectivity index (χ0n) is 14.4. The minimum Gasteiger partial charge on any atom is -0.346 e. The van der Waals surface area contributed by atoms with Gasteiger partial charge in [-0.25, -0.2) is 0 Å². The molecule has 0 aliphatic carbocycles. The van der Waals surface area contributed by atoms with Gasteiger partial charge in [-0.1, -0.05) is 51.1 Å². The number of carbonyl (C=O) groups is 1. The third kappa shape index (κ3) is 4.19. The van der Waals surface area contributed by atoms with Gasteiger partial charge in [0.1, 0.15) is 0 Å². The molecule has 1 atom stereocenters. The molecule has 0 fully saturated rings.